The molecule has 2 aromatic rings. The molecule has 0 unspecified atom stereocenters. The normalized spacial score (nSPS) is 17.3. The lowest BCUT2D eigenvalue weighted by atomic mass is 9.92. The molecule has 1 fully saturated rings. The molecule has 0 N–H and O–H groups in total. The maximum absolute atomic E-state index is 12.9. The van der Waals surface area contributed by atoms with Crippen LogP contribution in [-0.4, -0.2) is 80.6 Å². The van der Waals surface area contributed by atoms with Crippen LogP contribution in [0.25, 0.3) is 11.1 Å². The van der Waals surface area contributed by atoms with Crippen molar-refractivity contribution >= 4 is 23.5 Å². The Morgan fingerprint density at radius 2 is 1.75 bits per heavy atom. The molecule has 2 aromatic carbocycles. The minimum absolute atomic E-state index is 0.00832. The van der Waals surface area contributed by atoms with Gasteiger partial charge in [0.2, 0.25) is 0 Å². The Bertz CT molecular complexity index is 1130. The molecule has 0 aromatic heterocycles. The molecule has 0 bridgehead atoms. The molecule has 2 aliphatic heterocycles. The minimum Gasteiger partial charge on any atom is -0.483 e. The summed E-state index contributed by atoms with van der Waals surface area (Å²) in [5.74, 6) is 0.00365. The topological polar surface area (TPSA) is 88.6 Å². The van der Waals surface area contributed by atoms with Gasteiger partial charge in [0.05, 0.1) is 24.9 Å². The largest absolute Gasteiger partial charge is 0.483 e. The summed E-state index contributed by atoms with van der Waals surface area (Å²) in [6.45, 7) is 5.53. The summed E-state index contributed by atoms with van der Waals surface area (Å²) in [6, 6.07) is 11.2. The standard InChI is InChI=1S/C27H33N3O6/c1-18-5-10-23-24(30(18)36-19(2)31)12-11-22(26(23)35-17-25(32)28(3)4)20-6-8-21(9-7-20)27(33)29-13-15-34-16-14-29/h6-9,11-12,18H,5,10,13-17H2,1-4H3/t18-/m0/s1. The number of nitrogens with zero attached hydrogens (tertiary/aromatic N) is 3. The van der Waals surface area contributed by atoms with Gasteiger partial charge in [-0.15, -0.1) is 0 Å². The van der Waals surface area contributed by atoms with E-state index in [2.05, 4.69) is 0 Å². The Labute approximate surface area is 211 Å². The van der Waals surface area contributed by atoms with E-state index in [1.807, 2.05) is 43.3 Å². The molecule has 2 aliphatic rings. The molecule has 0 aliphatic carbocycles. The Balaban J connectivity index is 1.69. The SMILES string of the molecule is CC(=O)ON1c2ccc(-c3ccc(C(=O)N4CCOCC4)cc3)c(OCC(=O)N(C)C)c2CC[C@@H]1C. The second-order valence-corrected chi connectivity index (χ2v) is 9.30. The lowest BCUT2D eigenvalue weighted by Gasteiger charge is -2.35. The fourth-order valence-corrected chi connectivity index (χ4v) is 4.45. The van der Waals surface area contributed by atoms with Crippen LogP contribution in [0.1, 0.15) is 36.2 Å². The number of carbonyl (C=O) groups is 3. The van der Waals surface area contributed by atoms with Gasteiger partial charge in [0.25, 0.3) is 11.8 Å². The van der Waals surface area contributed by atoms with Crippen molar-refractivity contribution in [1.29, 1.82) is 0 Å². The number of anilines is 1. The fourth-order valence-electron chi connectivity index (χ4n) is 4.45. The molecule has 2 amide bonds. The number of fused-ring (bicyclic) bond motifs is 1. The maximum atomic E-state index is 12.9. The summed E-state index contributed by atoms with van der Waals surface area (Å²) in [5.41, 5.74) is 3.91. The Hall–Kier alpha value is -3.59. The van der Waals surface area contributed by atoms with Crippen LogP contribution in [-0.2, 0) is 25.6 Å². The van der Waals surface area contributed by atoms with Crippen LogP contribution >= 0.6 is 0 Å². The zero-order valence-corrected chi connectivity index (χ0v) is 21.3. The molecular weight excluding hydrogens is 462 g/mol. The predicted octanol–water partition coefficient (Wildman–Crippen LogP) is 2.91. The van der Waals surface area contributed by atoms with Crippen molar-refractivity contribution in [3.05, 3.63) is 47.5 Å². The molecule has 0 saturated carbocycles. The van der Waals surface area contributed by atoms with Gasteiger partial charge < -0.3 is 24.1 Å². The van der Waals surface area contributed by atoms with Crippen molar-refractivity contribution in [3.8, 4) is 16.9 Å². The summed E-state index contributed by atoms with van der Waals surface area (Å²) in [7, 11) is 3.36. The number of hydrogen-bond acceptors (Lipinski definition) is 7. The van der Waals surface area contributed by atoms with E-state index < -0.39 is 5.97 Å². The minimum atomic E-state index is -0.399. The van der Waals surface area contributed by atoms with Gasteiger partial charge in [-0.1, -0.05) is 12.1 Å². The first-order valence-corrected chi connectivity index (χ1v) is 12.2. The molecular formula is C27H33N3O6. The number of benzene rings is 2. The highest BCUT2D eigenvalue weighted by atomic mass is 16.7. The van der Waals surface area contributed by atoms with Crippen LogP contribution in [0, 0.1) is 0 Å². The highest BCUT2D eigenvalue weighted by Gasteiger charge is 2.30. The summed E-state index contributed by atoms with van der Waals surface area (Å²) >= 11 is 0. The van der Waals surface area contributed by atoms with Crippen LogP contribution in [0.5, 0.6) is 5.75 Å². The number of likely N-dealkylation sites (N-methyl/N-ethyl adjacent to an activating group) is 1. The first kappa shape index (κ1) is 25.5. The van der Waals surface area contributed by atoms with Gasteiger partial charge in [0, 0.05) is 50.8 Å². The van der Waals surface area contributed by atoms with E-state index in [0.29, 0.717) is 44.0 Å². The average molecular weight is 496 g/mol. The number of rotatable bonds is 6. The number of morpholine rings is 1. The number of hydroxylamine groups is 1. The van der Waals surface area contributed by atoms with Crippen molar-refractivity contribution in [2.45, 2.75) is 32.7 Å². The molecule has 0 radical (unpaired) electrons. The quantitative estimate of drug-likeness (QED) is 0.609. The third kappa shape index (κ3) is 5.46. The monoisotopic (exact) mass is 495 g/mol. The first-order chi connectivity index (χ1) is 17.3. The average Bonchev–Trinajstić information content (AvgIpc) is 2.88. The van der Waals surface area contributed by atoms with Crippen molar-refractivity contribution in [2.75, 3.05) is 52.1 Å². The molecule has 36 heavy (non-hydrogen) atoms. The Kier molecular flexibility index (Phi) is 7.79. The van der Waals surface area contributed by atoms with E-state index in [9.17, 15) is 14.4 Å². The van der Waals surface area contributed by atoms with Gasteiger partial charge in [0.1, 0.15) is 5.75 Å². The van der Waals surface area contributed by atoms with Gasteiger partial charge in [-0.2, -0.15) is 0 Å². The molecule has 1 saturated heterocycles. The smallest absolute Gasteiger partial charge is 0.329 e. The highest BCUT2D eigenvalue weighted by molar-refractivity contribution is 5.95. The van der Waals surface area contributed by atoms with Crippen molar-refractivity contribution < 1.29 is 28.7 Å². The second-order valence-electron chi connectivity index (χ2n) is 9.30. The van der Waals surface area contributed by atoms with Gasteiger partial charge in [-0.3, -0.25) is 14.4 Å². The van der Waals surface area contributed by atoms with E-state index >= 15 is 0 Å². The van der Waals surface area contributed by atoms with Crippen molar-refractivity contribution in [2.24, 2.45) is 0 Å². The van der Waals surface area contributed by atoms with Crippen LogP contribution < -0.4 is 9.80 Å². The van der Waals surface area contributed by atoms with Gasteiger partial charge >= 0.3 is 5.97 Å². The fraction of sp³-hybridized carbons (Fsp3) is 0.444. The number of carbonyl (C=O) groups excluding carboxylic acids is 3. The summed E-state index contributed by atoms with van der Waals surface area (Å²) in [5, 5.41) is 1.62. The van der Waals surface area contributed by atoms with Crippen molar-refractivity contribution in [3.63, 3.8) is 0 Å². The molecule has 192 valence electrons. The summed E-state index contributed by atoms with van der Waals surface area (Å²) < 4.78 is 11.5. The molecule has 9 heteroatoms. The van der Waals surface area contributed by atoms with Gasteiger partial charge in [0.15, 0.2) is 6.61 Å². The molecule has 9 nitrogen and oxygen atoms in total. The molecule has 1 atom stereocenters. The van der Waals surface area contributed by atoms with Gasteiger partial charge in [-0.05, 0) is 49.6 Å². The summed E-state index contributed by atoms with van der Waals surface area (Å²) in [4.78, 5) is 45.7. The molecule has 4 rings (SSSR count). The lowest BCUT2D eigenvalue weighted by Crippen LogP contribution is -2.40. The Morgan fingerprint density at radius 1 is 1.06 bits per heavy atom. The summed E-state index contributed by atoms with van der Waals surface area (Å²) in [6.07, 6.45) is 1.47. The van der Waals surface area contributed by atoms with Gasteiger partial charge in [-0.25, -0.2) is 5.06 Å². The third-order valence-corrected chi connectivity index (χ3v) is 6.49. The maximum Gasteiger partial charge on any atom is 0.329 e. The third-order valence-electron chi connectivity index (χ3n) is 6.49. The molecule has 2 heterocycles. The van der Waals surface area contributed by atoms with Crippen LogP contribution in [0.4, 0.5) is 5.69 Å². The van der Waals surface area contributed by atoms with E-state index in [4.69, 9.17) is 14.3 Å². The van der Waals surface area contributed by atoms with E-state index in [1.165, 1.54) is 11.8 Å². The zero-order chi connectivity index (χ0) is 25.8. The van der Waals surface area contributed by atoms with Crippen molar-refractivity contribution in [1.82, 2.24) is 9.80 Å². The Morgan fingerprint density at radius 3 is 2.39 bits per heavy atom. The lowest BCUT2D eigenvalue weighted by molar-refractivity contribution is -0.143. The molecule has 0 spiro atoms. The second kappa shape index (κ2) is 11.0. The number of hydrogen-bond donors (Lipinski definition) is 0. The van der Waals surface area contributed by atoms with E-state index in [-0.39, 0.29) is 24.5 Å². The van der Waals surface area contributed by atoms with Crippen LogP contribution in [0.3, 0.4) is 0 Å². The first-order valence-electron chi connectivity index (χ1n) is 12.2. The number of ether oxygens (including phenoxy) is 2. The van der Waals surface area contributed by atoms with E-state index in [0.717, 1.165) is 28.8 Å². The number of amides is 2. The van der Waals surface area contributed by atoms with E-state index in [1.54, 1.807) is 24.1 Å². The van der Waals surface area contributed by atoms with Crippen LogP contribution in [0.15, 0.2) is 36.4 Å². The zero-order valence-electron chi connectivity index (χ0n) is 21.3. The predicted molar refractivity (Wildman–Crippen MR) is 135 cm³/mol. The van der Waals surface area contributed by atoms with Crippen LogP contribution in [0.2, 0.25) is 0 Å². The highest BCUT2D eigenvalue weighted by Crippen LogP contribution is 2.43.